The van der Waals surface area contributed by atoms with Crippen LogP contribution >= 0.6 is 11.8 Å². The number of carbonyl (C=O) groups excluding carboxylic acids is 1. The molecule has 1 unspecified atom stereocenters. The summed E-state index contributed by atoms with van der Waals surface area (Å²) < 4.78 is 10.3. The van der Waals surface area contributed by atoms with Gasteiger partial charge in [0.15, 0.2) is 6.04 Å². The Morgan fingerprint density at radius 2 is 2.15 bits per heavy atom. The monoisotopic (exact) mass is 390 g/mol. The Morgan fingerprint density at radius 3 is 2.78 bits per heavy atom. The van der Waals surface area contributed by atoms with Gasteiger partial charge in [-0.25, -0.2) is 4.79 Å². The Bertz CT molecular complexity index is 799. The number of aliphatic carboxylic acids is 1. The first-order valence-corrected chi connectivity index (χ1v) is 9.28. The van der Waals surface area contributed by atoms with E-state index in [9.17, 15) is 14.7 Å². The van der Waals surface area contributed by atoms with Gasteiger partial charge in [-0.3, -0.25) is 4.79 Å². The molecule has 0 saturated heterocycles. The Morgan fingerprint density at radius 1 is 1.41 bits per heavy atom. The van der Waals surface area contributed by atoms with Gasteiger partial charge in [-0.1, -0.05) is 23.4 Å². The number of carboxylic acid groups (broad SMARTS) is 1. The Hall–Kier alpha value is -2.58. The quantitative estimate of drug-likeness (QED) is 0.365. The molecule has 0 aliphatic heterocycles. The maximum absolute atomic E-state index is 12.6. The minimum Gasteiger partial charge on any atom is -0.480 e. The van der Waals surface area contributed by atoms with Crippen LogP contribution < -0.4 is 5.32 Å². The second-order valence-corrected chi connectivity index (χ2v) is 6.80. The topological polar surface area (TPSA) is 102 Å². The standard InChI is InChI=1S/C19H22N2O5S/c1-4-9-25-10-16(19(23)24)20-18(22)14-7-5-6-8-17(14)27-11-15-12(2)21-26-13(15)3/h4-8,16H,1,9-11H2,2-3H3,(H,20,22)(H,23,24). The number of nitrogens with one attached hydrogen (secondary N) is 1. The largest absolute Gasteiger partial charge is 0.480 e. The van der Waals surface area contributed by atoms with Gasteiger partial charge in [-0.15, -0.1) is 18.3 Å². The van der Waals surface area contributed by atoms with E-state index in [0.717, 1.165) is 21.9 Å². The summed E-state index contributed by atoms with van der Waals surface area (Å²) in [7, 11) is 0. The lowest BCUT2D eigenvalue weighted by molar-refractivity contribution is -0.140. The van der Waals surface area contributed by atoms with Crippen molar-refractivity contribution < 1.29 is 24.0 Å². The lowest BCUT2D eigenvalue weighted by Crippen LogP contribution is -2.44. The number of ether oxygens (including phenoxy) is 1. The van der Waals surface area contributed by atoms with Gasteiger partial charge < -0.3 is 19.7 Å². The van der Waals surface area contributed by atoms with Crippen LogP contribution in [-0.2, 0) is 15.3 Å². The number of hydrogen-bond donors (Lipinski definition) is 2. The zero-order valence-electron chi connectivity index (χ0n) is 15.2. The molecule has 0 fully saturated rings. The summed E-state index contributed by atoms with van der Waals surface area (Å²) in [5.41, 5.74) is 2.20. The molecule has 2 aromatic rings. The van der Waals surface area contributed by atoms with E-state index in [1.165, 1.54) is 17.8 Å². The van der Waals surface area contributed by atoms with Crippen LogP contribution in [0.25, 0.3) is 0 Å². The molecule has 27 heavy (non-hydrogen) atoms. The van der Waals surface area contributed by atoms with Crippen molar-refractivity contribution in [1.29, 1.82) is 0 Å². The van der Waals surface area contributed by atoms with Crippen molar-refractivity contribution in [2.45, 2.75) is 30.5 Å². The summed E-state index contributed by atoms with van der Waals surface area (Å²) in [5.74, 6) is -0.289. The minimum atomic E-state index is -1.16. The van der Waals surface area contributed by atoms with Crippen LogP contribution in [0.3, 0.4) is 0 Å². The first kappa shape index (κ1) is 20.7. The summed E-state index contributed by atoms with van der Waals surface area (Å²) in [5, 5.41) is 15.7. The van der Waals surface area contributed by atoms with Gasteiger partial charge in [0.2, 0.25) is 0 Å². The van der Waals surface area contributed by atoms with Gasteiger partial charge in [0, 0.05) is 16.2 Å². The summed E-state index contributed by atoms with van der Waals surface area (Å²) in [6, 6.07) is 5.90. The molecule has 1 heterocycles. The van der Waals surface area contributed by atoms with Gasteiger partial charge in [0.05, 0.1) is 24.5 Å². The number of hydrogen-bond acceptors (Lipinski definition) is 6. The molecule has 1 amide bonds. The van der Waals surface area contributed by atoms with Crippen LogP contribution in [0.5, 0.6) is 0 Å². The molecule has 1 aromatic carbocycles. The number of carbonyl (C=O) groups is 2. The Kier molecular flexibility index (Phi) is 7.63. The third kappa shape index (κ3) is 5.70. The summed E-state index contributed by atoms with van der Waals surface area (Å²) in [6.45, 7) is 7.29. The molecular weight excluding hydrogens is 368 g/mol. The molecule has 0 aliphatic carbocycles. The highest BCUT2D eigenvalue weighted by Crippen LogP contribution is 2.28. The lowest BCUT2D eigenvalue weighted by Gasteiger charge is -2.16. The average molecular weight is 390 g/mol. The SMILES string of the molecule is C=CCOCC(NC(=O)c1ccccc1SCc1c(C)noc1C)C(=O)O. The number of benzene rings is 1. The number of nitrogens with zero attached hydrogens (tertiary/aromatic N) is 1. The molecule has 144 valence electrons. The zero-order valence-corrected chi connectivity index (χ0v) is 16.0. The van der Waals surface area contributed by atoms with Crippen molar-refractivity contribution in [3.63, 3.8) is 0 Å². The van der Waals surface area contributed by atoms with Crippen molar-refractivity contribution in [2.24, 2.45) is 0 Å². The van der Waals surface area contributed by atoms with Crippen molar-refractivity contribution in [2.75, 3.05) is 13.2 Å². The van der Waals surface area contributed by atoms with Gasteiger partial charge in [-0.05, 0) is 26.0 Å². The maximum atomic E-state index is 12.6. The maximum Gasteiger partial charge on any atom is 0.328 e. The molecule has 8 heteroatoms. The molecule has 0 bridgehead atoms. The molecular formula is C19H22N2O5S. The highest BCUT2D eigenvalue weighted by Gasteiger charge is 2.22. The molecule has 1 atom stereocenters. The van der Waals surface area contributed by atoms with E-state index in [0.29, 0.717) is 11.3 Å². The summed E-state index contributed by atoms with van der Waals surface area (Å²) in [6.07, 6.45) is 1.52. The first-order valence-electron chi connectivity index (χ1n) is 8.30. The second-order valence-electron chi connectivity index (χ2n) is 5.78. The number of thioether (sulfide) groups is 1. The van der Waals surface area contributed by atoms with Gasteiger partial charge in [0.1, 0.15) is 5.76 Å². The fraction of sp³-hybridized carbons (Fsp3) is 0.316. The second kappa shape index (κ2) is 9.94. The van der Waals surface area contributed by atoms with Crippen LogP contribution in [0.2, 0.25) is 0 Å². The molecule has 2 N–H and O–H groups in total. The van der Waals surface area contributed by atoms with Crippen molar-refractivity contribution >= 4 is 23.6 Å². The normalized spacial score (nSPS) is 11.8. The Balaban J connectivity index is 2.09. The molecule has 0 radical (unpaired) electrons. The van der Waals surface area contributed by atoms with Gasteiger partial charge >= 0.3 is 5.97 Å². The third-order valence-corrected chi connectivity index (χ3v) is 4.91. The highest BCUT2D eigenvalue weighted by molar-refractivity contribution is 7.98. The van der Waals surface area contributed by atoms with Gasteiger partial charge in [0.25, 0.3) is 5.91 Å². The van der Waals surface area contributed by atoms with Crippen LogP contribution in [-0.4, -0.2) is 41.4 Å². The predicted octanol–water partition coefficient (Wildman–Crippen LogP) is 2.97. The third-order valence-electron chi connectivity index (χ3n) is 3.81. The molecule has 0 aliphatic rings. The van der Waals surface area contributed by atoms with E-state index in [1.807, 2.05) is 26.0 Å². The van der Waals surface area contributed by atoms with E-state index >= 15 is 0 Å². The van der Waals surface area contributed by atoms with Crippen molar-refractivity contribution in [3.8, 4) is 0 Å². The smallest absolute Gasteiger partial charge is 0.328 e. The van der Waals surface area contributed by atoms with Crippen LogP contribution in [0, 0.1) is 13.8 Å². The van der Waals surface area contributed by atoms with E-state index < -0.39 is 17.9 Å². The van der Waals surface area contributed by atoms with Crippen LogP contribution in [0.1, 0.15) is 27.4 Å². The fourth-order valence-electron chi connectivity index (χ4n) is 2.32. The number of aromatic nitrogens is 1. The molecule has 0 spiro atoms. The van der Waals surface area contributed by atoms with E-state index in [2.05, 4.69) is 17.1 Å². The highest BCUT2D eigenvalue weighted by atomic mass is 32.2. The number of aryl methyl sites for hydroxylation is 2. The van der Waals surface area contributed by atoms with Crippen LogP contribution in [0.4, 0.5) is 0 Å². The molecule has 7 nitrogen and oxygen atoms in total. The average Bonchev–Trinajstić information content (AvgIpc) is 2.97. The summed E-state index contributed by atoms with van der Waals surface area (Å²) >= 11 is 1.47. The van der Waals surface area contributed by atoms with Crippen molar-refractivity contribution in [3.05, 3.63) is 59.5 Å². The van der Waals surface area contributed by atoms with E-state index in [1.54, 1.807) is 12.1 Å². The molecule has 0 saturated carbocycles. The minimum absolute atomic E-state index is 0.137. The number of amides is 1. The fourth-order valence-corrected chi connectivity index (χ4v) is 3.52. The van der Waals surface area contributed by atoms with E-state index in [-0.39, 0.29) is 13.2 Å². The number of rotatable bonds is 10. The molecule has 2 rings (SSSR count). The number of carboxylic acids is 1. The molecule has 1 aromatic heterocycles. The predicted molar refractivity (Wildman–Crippen MR) is 102 cm³/mol. The zero-order chi connectivity index (χ0) is 19.8. The summed E-state index contributed by atoms with van der Waals surface area (Å²) in [4.78, 5) is 24.7. The lowest BCUT2D eigenvalue weighted by atomic mass is 10.2. The van der Waals surface area contributed by atoms with E-state index in [4.69, 9.17) is 9.26 Å². The Labute approximate surface area is 161 Å². The van der Waals surface area contributed by atoms with Crippen molar-refractivity contribution in [1.82, 2.24) is 10.5 Å². The van der Waals surface area contributed by atoms with Gasteiger partial charge in [-0.2, -0.15) is 0 Å². The first-order chi connectivity index (χ1) is 12.9. The van der Waals surface area contributed by atoms with Crippen LogP contribution in [0.15, 0.2) is 46.3 Å².